The van der Waals surface area contributed by atoms with Gasteiger partial charge in [-0.25, -0.2) is 13.7 Å². The number of carbonyl (C=O) groups is 6. The van der Waals surface area contributed by atoms with Crippen LogP contribution in [0.2, 0.25) is 0 Å². The number of nitrogens with two attached hydrogens (primary N) is 1. The summed E-state index contributed by atoms with van der Waals surface area (Å²) >= 11 is 1.53. The van der Waals surface area contributed by atoms with E-state index in [4.69, 9.17) is 29.4 Å². The number of anilines is 2. The van der Waals surface area contributed by atoms with Crippen LogP contribution in [0.25, 0.3) is 22.3 Å². The molecule has 19 nitrogen and oxygen atoms in total. The van der Waals surface area contributed by atoms with Crippen LogP contribution in [0.15, 0.2) is 71.8 Å². The molecule has 4 aromatic rings. The van der Waals surface area contributed by atoms with E-state index in [1.807, 2.05) is 24.3 Å². The number of nitrogens with zero attached hydrogens (tertiary/aromatic N) is 4. The first-order chi connectivity index (χ1) is 36.4. The van der Waals surface area contributed by atoms with E-state index in [-0.39, 0.29) is 54.6 Å². The first-order valence-corrected chi connectivity index (χ1v) is 26.2. The van der Waals surface area contributed by atoms with E-state index in [1.54, 1.807) is 42.6 Å². The van der Waals surface area contributed by atoms with Gasteiger partial charge in [-0.1, -0.05) is 24.3 Å². The minimum atomic E-state index is -1.08. The van der Waals surface area contributed by atoms with Gasteiger partial charge in [0.2, 0.25) is 11.8 Å². The molecule has 1 unspecified atom stereocenters. The van der Waals surface area contributed by atoms with Crippen molar-refractivity contribution in [3.05, 3.63) is 94.9 Å². The number of carbonyl (C=O) groups excluding carboxylic acids is 6. The van der Waals surface area contributed by atoms with Crippen LogP contribution in [0.5, 0.6) is 0 Å². The Balaban J connectivity index is 0.677. The van der Waals surface area contributed by atoms with Gasteiger partial charge in [0.05, 0.1) is 77.2 Å². The SMILES string of the molecule is CN(C)C(=O)C(CCC=O)N1C(=O)c2cccc(NCCOCCOCCOCCOCCOCCC(=O)NCCCN(Sc3ccc(-c4cnc(N)c(-c5ccc6c(c5)CCNC6=O)c4)c(F)c3)C3CC3)c2C1=O. The summed E-state index contributed by atoms with van der Waals surface area (Å²) in [6.45, 7) is 5.73. The van der Waals surface area contributed by atoms with Crippen molar-refractivity contribution < 1.29 is 56.8 Å². The number of halogens is 1. The van der Waals surface area contributed by atoms with Gasteiger partial charge in [0.15, 0.2) is 0 Å². The number of likely N-dealkylation sites (N-methyl/N-ethyl adjacent to an activating group) is 1. The van der Waals surface area contributed by atoms with Crippen molar-refractivity contribution in [2.24, 2.45) is 0 Å². The molecule has 402 valence electrons. The third-order valence-electron chi connectivity index (χ3n) is 12.6. The molecular weight excluding hydrogens is 988 g/mol. The lowest BCUT2D eigenvalue weighted by Gasteiger charge is -2.27. The van der Waals surface area contributed by atoms with Crippen molar-refractivity contribution >= 4 is 59.3 Å². The Labute approximate surface area is 440 Å². The number of fused-ring (bicyclic) bond motifs is 2. The summed E-state index contributed by atoms with van der Waals surface area (Å²) in [5.74, 6) is -1.79. The molecule has 2 aliphatic heterocycles. The maximum absolute atomic E-state index is 15.7. The number of amides is 5. The lowest BCUT2D eigenvalue weighted by Crippen LogP contribution is -2.49. The number of imide groups is 1. The molecule has 1 saturated carbocycles. The Morgan fingerprint density at radius 2 is 1.53 bits per heavy atom. The quantitative estimate of drug-likeness (QED) is 0.0212. The molecule has 0 spiro atoms. The predicted octanol–water partition coefficient (Wildman–Crippen LogP) is 5.02. The summed E-state index contributed by atoms with van der Waals surface area (Å²) in [6, 6.07) is 16.9. The Kier molecular flexibility index (Phi) is 21.5. The third kappa shape index (κ3) is 15.9. The van der Waals surface area contributed by atoms with E-state index in [9.17, 15) is 28.8 Å². The average molecular weight is 1060 g/mol. The summed E-state index contributed by atoms with van der Waals surface area (Å²) in [5, 5.41) is 8.97. The van der Waals surface area contributed by atoms with Gasteiger partial charge in [-0.05, 0) is 91.6 Å². The molecule has 75 heavy (non-hydrogen) atoms. The number of nitrogen functional groups attached to an aromatic ring is 1. The van der Waals surface area contributed by atoms with Gasteiger partial charge in [0.1, 0.15) is 24.0 Å². The molecule has 1 aliphatic carbocycles. The Bertz CT molecular complexity index is 2640. The molecule has 3 aliphatic rings. The zero-order valence-electron chi connectivity index (χ0n) is 42.6. The van der Waals surface area contributed by atoms with E-state index in [1.165, 1.54) is 30.9 Å². The molecular formula is C54H67FN8O11S. The van der Waals surface area contributed by atoms with Crippen LogP contribution >= 0.6 is 11.9 Å². The third-order valence-corrected chi connectivity index (χ3v) is 13.8. The van der Waals surface area contributed by atoms with Crippen LogP contribution in [0, 0.1) is 5.82 Å². The highest BCUT2D eigenvalue weighted by Gasteiger charge is 2.44. The summed E-state index contributed by atoms with van der Waals surface area (Å²) in [5.41, 5.74) is 11.2. The number of nitrogens with one attached hydrogen (secondary N) is 3. The second kappa shape index (κ2) is 28.5. The fourth-order valence-corrected chi connectivity index (χ4v) is 9.75. The van der Waals surface area contributed by atoms with Crippen LogP contribution in [0.4, 0.5) is 15.9 Å². The number of rotatable bonds is 33. The van der Waals surface area contributed by atoms with Gasteiger partial charge in [-0.3, -0.25) is 28.9 Å². The number of aromatic nitrogens is 1. The maximum Gasteiger partial charge on any atom is 0.264 e. The van der Waals surface area contributed by atoms with Crippen LogP contribution < -0.4 is 21.7 Å². The van der Waals surface area contributed by atoms with E-state index in [0.29, 0.717) is 125 Å². The zero-order valence-corrected chi connectivity index (χ0v) is 43.4. The molecule has 3 heterocycles. The van der Waals surface area contributed by atoms with E-state index < -0.39 is 23.8 Å². The van der Waals surface area contributed by atoms with Crippen LogP contribution in [-0.4, -0.2) is 173 Å². The molecule has 1 fully saturated rings. The van der Waals surface area contributed by atoms with Crippen molar-refractivity contribution in [1.29, 1.82) is 0 Å². The standard InChI is InChI=1S/C54H67FN8O11S/c1-61(2)53(68)47(8-4-21-64)63-52(67)43-6-3-7-46(49(43)54(63)69)57-19-23-71-25-27-73-29-31-74-30-28-72-26-24-70-22-16-48(65)58-17-5-20-62(39-10-11-39)75-40-12-14-41(45(55)34-40)38-33-44(50(56)60-35-38)36-9-13-42-37(32-36)15-18-59-51(42)66/h3,6-7,9,12-14,21,32-35,39,47,57H,4-5,8,10-11,15-20,22-31H2,1-2H3,(H2,56,60)(H,58,65)(H,59,66). The molecule has 3 aromatic carbocycles. The molecule has 0 bridgehead atoms. The normalized spacial score (nSPS) is 14.4. The first-order valence-electron chi connectivity index (χ1n) is 25.4. The molecule has 1 aromatic heterocycles. The number of pyridine rings is 1. The monoisotopic (exact) mass is 1050 g/mol. The lowest BCUT2D eigenvalue weighted by atomic mass is 9.94. The van der Waals surface area contributed by atoms with Gasteiger partial charge in [-0.2, -0.15) is 0 Å². The summed E-state index contributed by atoms with van der Waals surface area (Å²) in [4.78, 5) is 82.7. The highest BCUT2D eigenvalue weighted by atomic mass is 32.2. The number of benzene rings is 3. The minimum Gasteiger partial charge on any atom is -0.383 e. The average Bonchev–Trinajstić information content (AvgIpc) is 4.22. The summed E-state index contributed by atoms with van der Waals surface area (Å²) in [6.07, 6.45) is 6.17. The Hall–Kier alpha value is -6.33. The number of ether oxygens (including phenoxy) is 5. The summed E-state index contributed by atoms with van der Waals surface area (Å²) < 4.78 is 45.8. The van der Waals surface area contributed by atoms with Gasteiger partial charge < -0.3 is 55.1 Å². The van der Waals surface area contributed by atoms with Gasteiger partial charge >= 0.3 is 0 Å². The van der Waals surface area contributed by atoms with Crippen molar-refractivity contribution in [1.82, 2.24) is 29.7 Å². The molecule has 21 heteroatoms. The van der Waals surface area contributed by atoms with Gasteiger partial charge in [0, 0.05) is 98.2 Å². The molecule has 5 amide bonds. The van der Waals surface area contributed by atoms with Crippen LogP contribution in [0.1, 0.15) is 75.2 Å². The maximum atomic E-state index is 15.7. The van der Waals surface area contributed by atoms with Gasteiger partial charge in [0.25, 0.3) is 17.7 Å². The fourth-order valence-electron chi connectivity index (χ4n) is 8.61. The van der Waals surface area contributed by atoms with Crippen molar-refractivity contribution in [3.8, 4) is 22.3 Å². The molecule has 0 radical (unpaired) electrons. The topological polar surface area (TPSA) is 233 Å². The van der Waals surface area contributed by atoms with E-state index in [2.05, 4.69) is 25.2 Å². The molecule has 1 atom stereocenters. The molecule has 0 saturated heterocycles. The summed E-state index contributed by atoms with van der Waals surface area (Å²) in [7, 11) is 3.07. The highest BCUT2D eigenvalue weighted by Crippen LogP contribution is 2.38. The van der Waals surface area contributed by atoms with Gasteiger partial charge in [-0.15, -0.1) is 0 Å². The minimum absolute atomic E-state index is 0.0330. The zero-order chi connectivity index (χ0) is 53.1. The predicted molar refractivity (Wildman–Crippen MR) is 281 cm³/mol. The smallest absolute Gasteiger partial charge is 0.264 e. The van der Waals surface area contributed by atoms with Crippen molar-refractivity contribution in [3.63, 3.8) is 0 Å². The molecule has 7 rings (SSSR count). The first kappa shape index (κ1) is 56.4. The Morgan fingerprint density at radius 3 is 2.21 bits per heavy atom. The largest absolute Gasteiger partial charge is 0.383 e. The second-order valence-electron chi connectivity index (χ2n) is 18.3. The second-order valence-corrected chi connectivity index (χ2v) is 19.4. The number of hydrogen-bond donors (Lipinski definition) is 4. The number of aldehydes is 1. The lowest BCUT2D eigenvalue weighted by molar-refractivity contribution is -0.133. The molecule has 5 N–H and O–H groups in total. The Morgan fingerprint density at radius 1 is 0.840 bits per heavy atom. The highest BCUT2D eigenvalue weighted by molar-refractivity contribution is 7.97. The van der Waals surface area contributed by atoms with E-state index in [0.717, 1.165) is 53.2 Å². The van der Waals surface area contributed by atoms with Crippen LogP contribution in [0.3, 0.4) is 0 Å². The fraction of sp³-hybridized carbons (Fsp3) is 0.463. The number of hydrogen-bond acceptors (Lipinski definition) is 16. The van der Waals surface area contributed by atoms with E-state index >= 15 is 4.39 Å². The van der Waals surface area contributed by atoms with Crippen molar-refractivity contribution in [2.75, 3.05) is 117 Å². The van der Waals surface area contributed by atoms with Crippen molar-refractivity contribution in [2.45, 2.75) is 61.9 Å². The van der Waals surface area contributed by atoms with Crippen LogP contribution in [-0.2, 0) is 44.5 Å².